The van der Waals surface area contributed by atoms with Gasteiger partial charge in [-0.3, -0.25) is 14.5 Å². The maximum absolute atomic E-state index is 12.7. The van der Waals surface area contributed by atoms with Gasteiger partial charge >= 0.3 is 0 Å². The van der Waals surface area contributed by atoms with Gasteiger partial charge in [0.15, 0.2) is 0 Å². The number of hydrogen-bond donors (Lipinski definition) is 2. The summed E-state index contributed by atoms with van der Waals surface area (Å²) in [4.78, 5) is 27.6. The molecular weight excluding hydrogens is 508 g/mol. The maximum atomic E-state index is 12.7. The zero-order valence-electron chi connectivity index (χ0n) is 23.4. The van der Waals surface area contributed by atoms with Crippen molar-refractivity contribution in [3.8, 4) is 0 Å². The van der Waals surface area contributed by atoms with E-state index < -0.39 is 0 Å². The number of carbonyl (C=O) groups excluding carboxylic acids is 2. The molecule has 1 aliphatic rings. The third-order valence-corrected chi connectivity index (χ3v) is 7.62. The smallest absolute Gasteiger partial charge is 0.271 e. The molecule has 2 N–H and O–H groups in total. The first-order valence-electron chi connectivity index (χ1n) is 14.2. The summed E-state index contributed by atoms with van der Waals surface area (Å²) in [6, 6.07) is 35.0. The average Bonchev–Trinajstić information content (AvgIpc) is 3.02. The fourth-order valence-electron chi connectivity index (χ4n) is 5.17. The molecule has 0 unspecified atom stereocenters. The number of nitrogens with zero attached hydrogens (tertiary/aromatic N) is 2. The van der Waals surface area contributed by atoms with Gasteiger partial charge in [0.25, 0.3) is 11.8 Å². The Kier molecular flexibility index (Phi) is 9.34. The molecule has 0 bridgehead atoms. The number of likely N-dealkylation sites (tertiary alicyclic amines) is 1. The highest BCUT2D eigenvalue weighted by Crippen LogP contribution is 2.23. The van der Waals surface area contributed by atoms with E-state index in [0.717, 1.165) is 31.1 Å². The van der Waals surface area contributed by atoms with Gasteiger partial charge in [-0.25, -0.2) is 5.43 Å². The Morgan fingerprint density at radius 2 is 1.29 bits per heavy atom. The lowest BCUT2D eigenvalue weighted by Crippen LogP contribution is -2.33. The van der Waals surface area contributed by atoms with Gasteiger partial charge in [0.05, 0.1) is 5.71 Å². The van der Waals surface area contributed by atoms with Crippen LogP contribution in [0.3, 0.4) is 0 Å². The lowest BCUT2D eigenvalue weighted by molar-refractivity contribution is 0.0954. The van der Waals surface area contributed by atoms with Gasteiger partial charge in [-0.15, -0.1) is 0 Å². The molecule has 6 heteroatoms. The molecule has 5 rings (SSSR count). The van der Waals surface area contributed by atoms with Crippen LogP contribution in [0.5, 0.6) is 0 Å². The molecule has 1 aliphatic heterocycles. The van der Waals surface area contributed by atoms with E-state index in [1.807, 2.05) is 73.7 Å². The molecule has 6 nitrogen and oxygen atoms in total. The highest BCUT2D eigenvalue weighted by molar-refractivity contribution is 6.05. The predicted molar refractivity (Wildman–Crippen MR) is 165 cm³/mol. The minimum absolute atomic E-state index is 0.162. The highest BCUT2D eigenvalue weighted by Gasteiger charge is 2.19. The second-order valence-corrected chi connectivity index (χ2v) is 10.6. The Bertz CT molecular complexity index is 1460. The first kappa shape index (κ1) is 28.0. The lowest BCUT2D eigenvalue weighted by atomic mass is 9.90. The van der Waals surface area contributed by atoms with Crippen LogP contribution in [0.2, 0.25) is 0 Å². The van der Waals surface area contributed by atoms with Crippen LogP contribution in [0, 0.1) is 5.92 Å². The Morgan fingerprint density at radius 1 is 0.707 bits per heavy atom. The number of hydrogen-bond acceptors (Lipinski definition) is 4. The number of benzene rings is 4. The molecule has 0 saturated carbocycles. The molecule has 0 atom stereocenters. The van der Waals surface area contributed by atoms with E-state index in [0.29, 0.717) is 22.5 Å². The Labute approximate surface area is 242 Å². The van der Waals surface area contributed by atoms with Crippen molar-refractivity contribution in [2.45, 2.75) is 32.7 Å². The zero-order chi connectivity index (χ0) is 28.4. The summed E-state index contributed by atoms with van der Waals surface area (Å²) in [6.45, 7) is 4.95. The van der Waals surface area contributed by atoms with Crippen LogP contribution in [0.1, 0.15) is 57.2 Å². The molecule has 4 aromatic carbocycles. The Balaban J connectivity index is 1.08. The molecule has 41 heavy (non-hydrogen) atoms. The number of rotatable bonds is 9. The first-order chi connectivity index (χ1) is 20.0. The summed E-state index contributed by atoms with van der Waals surface area (Å²) >= 11 is 0. The van der Waals surface area contributed by atoms with Crippen molar-refractivity contribution in [3.05, 3.63) is 137 Å². The lowest BCUT2D eigenvalue weighted by Gasteiger charge is -2.32. The van der Waals surface area contributed by atoms with E-state index in [1.54, 1.807) is 12.1 Å². The standard InChI is InChI=1S/C35H36N4O2/c1-26(30-16-18-33(19-17-30)36-34(40)31-10-6-3-7-11-31)37-38-35(41)32-14-12-29(13-15-32)25-39-22-20-28(21-23-39)24-27-8-4-2-5-9-27/h2-19,28H,20-25H2,1H3,(H,36,40)(H,38,41)/b37-26-. The third-order valence-electron chi connectivity index (χ3n) is 7.62. The van der Waals surface area contributed by atoms with Crippen molar-refractivity contribution < 1.29 is 9.59 Å². The molecule has 2 amide bonds. The van der Waals surface area contributed by atoms with Gasteiger partial charge in [-0.05, 0) is 98.3 Å². The molecule has 0 spiro atoms. The quantitative estimate of drug-likeness (QED) is 0.185. The molecule has 4 aromatic rings. The van der Waals surface area contributed by atoms with Gasteiger partial charge in [-0.1, -0.05) is 72.8 Å². The van der Waals surface area contributed by atoms with E-state index in [2.05, 4.69) is 51.1 Å². The van der Waals surface area contributed by atoms with Crippen LogP contribution in [0.4, 0.5) is 5.69 Å². The van der Waals surface area contributed by atoms with Crippen molar-refractivity contribution in [2.75, 3.05) is 18.4 Å². The second-order valence-electron chi connectivity index (χ2n) is 10.6. The number of carbonyl (C=O) groups is 2. The monoisotopic (exact) mass is 544 g/mol. The Hall–Kier alpha value is -4.55. The summed E-state index contributed by atoms with van der Waals surface area (Å²) in [5.74, 6) is 0.344. The van der Waals surface area contributed by atoms with E-state index in [-0.39, 0.29) is 11.8 Å². The van der Waals surface area contributed by atoms with Crippen molar-refractivity contribution in [1.29, 1.82) is 0 Å². The van der Waals surface area contributed by atoms with Crippen molar-refractivity contribution in [1.82, 2.24) is 10.3 Å². The molecular formula is C35H36N4O2. The number of nitrogens with one attached hydrogen (secondary N) is 2. The molecule has 1 fully saturated rings. The van der Waals surface area contributed by atoms with Gasteiger partial charge in [0.2, 0.25) is 0 Å². The summed E-state index contributed by atoms with van der Waals surface area (Å²) in [7, 11) is 0. The van der Waals surface area contributed by atoms with Crippen LogP contribution >= 0.6 is 0 Å². The fourth-order valence-corrected chi connectivity index (χ4v) is 5.17. The predicted octanol–water partition coefficient (Wildman–Crippen LogP) is 6.55. The molecule has 208 valence electrons. The number of hydrazone groups is 1. The van der Waals surface area contributed by atoms with Crippen LogP contribution < -0.4 is 10.7 Å². The first-order valence-corrected chi connectivity index (χ1v) is 14.2. The minimum Gasteiger partial charge on any atom is -0.322 e. The second kappa shape index (κ2) is 13.7. The molecule has 0 radical (unpaired) electrons. The number of amides is 2. The van der Waals surface area contributed by atoms with Gasteiger partial charge < -0.3 is 5.32 Å². The van der Waals surface area contributed by atoms with Gasteiger partial charge in [0, 0.05) is 23.4 Å². The molecule has 0 aliphatic carbocycles. The topological polar surface area (TPSA) is 73.8 Å². The summed E-state index contributed by atoms with van der Waals surface area (Å²) < 4.78 is 0. The van der Waals surface area contributed by atoms with E-state index in [4.69, 9.17) is 0 Å². The fraction of sp³-hybridized carbons (Fsp3) is 0.229. The van der Waals surface area contributed by atoms with E-state index in [9.17, 15) is 9.59 Å². The van der Waals surface area contributed by atoms with Crippen LogP contribution in [-0.2, 0) is 13.0 Å². The maximum Gasteiger partial charge on any atom is 0.271 e. The minimum atomic E-state index is -0.246. The molecule has 0 aromatic heterocycles. The largest absolute Gasteiger partial charge is 0.322 e. The Morgan fingerprint density at radius 3 is 1.95 bits per heavy atom. The van der Waals surface area contributed by atoms with Gasteiger partial charge in [0.1, 0.15) is 0 Å². The number of anilines is 1. The third kappa shape index (κ3) is 7.99. The summed E-state index contributed by atoms with van der Waals surface area (Å²) in [5, 5.41) is 7.17. The van der Waals surface area contributed by atoms with E-state index in [1.165, 1.54) is 30.4 Å². The molecule has 1 heterocycles. The summed E-state index contributed by atoms with van der Waals surface area (Å²) in [5.41, 5.74) is 8.69. The van der Waals surface area contributed by atoms with Gasteiger partial charge in [-0.2, -0.15) is 5.10 Å². The van der Waals surface area contributed by atoms with Crippen molar-refractivity contribution in [2.24, 2.45) is 11.0 Å². The van der Waals surface area contributed by atoms with E-state index >= 15 is 0 Å². The number of piperidine rings is 1. The zero-order valence-corrected chi connectivity index (χ0v) is 23.4. The van der Waals surface area contributed by atoms with Crippen LogP contribution in [0.15, 0.2) is 114 Å². The van der Waals surface area contributed by atoms with Crippen molar-refractivity contribution >= 4 is 23.2 Å². The van der Waals surface area contributed by atoms with Crippen LogP contribution in [-0.4, -0.2) is 35.5 Å². The normalized spacial score (nSPS) is 14.4. The molecule has 1 saturated heterocycles. The SMILES string of the molecule is C/C(=N/NC(=O)c1ccc(CN2CCC(Cc3ccccc3)CC2)cc1)c1ccc(NC(=O)c2ccccc2)cc1. The van der Waals surface area contributed by atoms with Crippen molar-refractivity contribution in [3.63, 3.8) is 0 Å². The van der Waals surface area contributed by atoms with Crippen LogP contribution in [0.25, 0.3) is 0 Å². The average molecular weight is 545 g/mol. The highest BCUT2D eigenvalue weighted by atomic mass is 16.2. The summed E-state index contributed by atoms with van der Waals surface area (Å²) in [6.07, 6.45) is 3.61.